The number of hydrogen-bond acceptors (Lipinski definition) is 3. The monoisotopic (exact) mass is 592 g/mol. The van der Waals surface area contributed by atoms with Crippen LogP contribution in [0.3, 0.4) is 0 Å². The molecule has 0 saturated carbocycles. The molecule has 0 bridgehead atoms. The molecule has 9 rings (SSSR count). The fourth-order valence-corrected chi connectivity index (χ4v) is 7.47. The predicted molar refractivity (Wildman–Crippen MR) is 191 cm³/mol. The van der Waals surface area contributed by atoms with Gasteiger partial charge in [0.15, 0.2) is 11.5 Å². The maximum atomic E-state index is 6.65. The van der Waals surface area contributed by atoms with Gasteiger partial charge in [-0.2, -0.15) is 0 Å². The molecule has 0 aromatic heterocycles. The quantitative estimate of drug-likeness (QED) is 0.202. The van der Waals surface area contributed by atoms with Gasteiger partial charge in [-0.25, -0.2) is 0 Å². The molecule has 0 radical (unpaired) electrons. The number of anilines is 6. The van der Waals surface area contributed by atoms with Gasteiger partial charge in [0, 0.05) is 27.7 Å². The number of para-hydroxylation sites is 2. The van der Waals surface area contributed by atoms with E-state index in [0.717, 1.165) is 39.9 Å². The normalized spacial score (nSPS) is 13.7. The van der Waals surface area contributed by atoms with Crippen LogP contribution in [0.25, 0.3) is 21.9 Å². The molecule has 0 N–H and O–H groups in total. The van der Waals surface area contributed by atoms with Crippen LogP contribution in [0.2, 0.25) is 0 Å². The molecule has 0 spiro atoms. The molecule has 7 aromatic carbocycles. The summed E-state index contributed by atoms with van der Waals surface area (Å²) >= 11 is 0. The van der Waals surface area contributed by atoms with E-state index in [0.29, 0.717) is 0 Å². The van der Waals surface area contributed by atoms with E-state index in [4.69, 9.17) is 4.74 Å². The molecule has 2 heterocycles. The first-order valence-corrected chi connectivity index (χ1v) is 15.9. The van der Waals surface area contributed by atoms with Crippen molar-refractivity contribution in [3.8, 4) is 22.6 Å². The van der Waals surface area contributed by atoms with Crippen molar-refractivity contribution in [2.24, 2.45) is 0 Å². The fraction of sp³-hybridized carbons (Fsp3) is 0.0698. The van der Waals surface area contributed by atoms with Gasteiger partial charge >= 0.3 is 0 Å². The standard InChI is InChI=1S/C43H32N2O/c1-43(2)35-19-11-22-38-42(35)45(41-34-18-10-9-15-31(34)25-28-39(41)46-38)37-21-12-20-36(40(37)43)44(32-16-7-4-8-17-32)33-26-23-30(24-27-33)29-13-5-3-6-14-29/h3-28H,1-2H3. The van der Waals surface area contributed by atoms with Crippen LogP contribution in [0, 0.1) is 0 Å². The van der Waals surface area contributed by atoms with Crippen molar-refractivity contribution in [2.45, 2.75) is 19.3 Å². The van der Waals surface area contributed by atoms with Gasteiger partial charge in [-0.1, -0.05) is 123 Å². The Kier molecular flexibility index (Phi) is 5.85. The van der Waals surface area contributed by atoms with E-state index in [1.165, 1.54) is 38.7 Å². The molecule has 2 aliphatic heterocycles. The molecule has 0 aliphatic carbocycles. The number of benzene rings is 7. The lowest BCUT2D eigenvalue weighted by molar-refractivity contribution is 0.472. The highest BCUT2D eigenvalue weighted by atomic mass is 16.5. The van der Waals surface area contributed by atoms with Crippen LogP contribution in [-0.4, -0.2) is 0 Å². The highest BCUT2D eigenvalue weighted by molar-refractivity contribution is 6.07. The highest BCUT2D eigenvalue weighted by Crippen LogP contribution is 2.63. The second-order valence-electron chi connectivity index (χ2n) is 12.6. The average molecular weight is 593 g/mol. The number of ether oxygens (including phenoxy) is 1. The number of nitrogens with zero attached hydrogens (tertiary/aromatic N) is 2. The molecule has 2 aliphatic rings. The Morgan fingerprint density at radius 2 is 1.17 bits per heavy atom. The smallest absolute Gasteiger partial charge is 0.152 e. The minimum Gasteiger partial charge on any atom is -0.453 e. The van der Waals surface area contributed by atoms with Crippen LogP contribution in [0.4, 0.5) is 34.1 Å². The molecule has 3 nitrogen and oxygen atoms in total. The molecular weight excluding hydrogens is 560 g/mol. The third kappa shape index (κ3) is 3.92. The Hall–Kier alpha value is -5.80. The second kappa shape index (κ2) is 10.1. The van der Waals surface area contributed by atoms with Crippen LogP contribution in [0.1, 0.15) is 25.0 Å². The Morgan fingerprint density at radius 3 is 1.98 bits per heavy atom. The maximum absolute atomic E-state index is 6.65. The summed E-state index contributed by atoms with van der Waals surface area (Å²) in [5.74, 6) is 1.76. The molecule has 7 aromatic rings. The first-order chi connectivity index (χ1) is 22.6. The first-order valence-electron chi connectivity index (χ1n) is 15.9. The highest BCUT2D eigenvalue weighted by Gasteiger charge is 2.44. The van der Waals surface area contributed by atoms with Crippen LogP contribution in [-0.2, 0) is 5.41 Å². The van der Waals surface area contributed by atoms with E-state index < -0.39 is 0 Å². The topological polar surface area (TPSA) is 15.7 Å². The number of rotatable bonds is 4. The van der Waals surface area contributed by atoms with E-state index in [1.807, 2.05) is 0 Å². The Bertz CT molecular complexity index is 2260. The fourth-order valence-electron chi connectivity index (χ4n) is 7.47. The predicted octanol–water partition coefficient (Wildman–Crippen LogP) is 12.2. The van der Waals surface area contributed by atoms with Gasteiger partial charge in [-0.15, -0.1) is 0 Å². The average Bonchev–Trinajstić information content (AvgIpc) is 3.11. The van der Waals surface area contributed by atoms with Gasteiger partial charge in [0.25, 0.3) is 0 Å². The van der Waals surface area contributed by atoms with Crippen molar-refractivity contribution < 1.29 is 4.74 Å². The Balaban J connectivity index is 1.31. The van der Waals surface area contributed by atoms with Gasteiger partial charge < -0.3 is 14.5 Å². The lowest BCUT2D eigenvalue weighted by Crippen LogP contribution is -2.34. The zero-order chi connectivity index (χ0) is 30.8. The van der Waals surface area contributed by atoms with E-state index in [2.05, 4.69) is 181 Å². The molecule has 220 valence electrons. The summed E-state index contributed by atoms with van der Waals surface area (Å²) in [7, 11) is 0. The SMILES string of the molecule is CC1(C)c2cccc3c2N(c2cccc(N(c4ccccc4)c4ccc(-c5ccccc5)cc4)c21)c1c(ccc2ccccc12)O3. The zero-order valence-electron chi connectivity index (χ0n) is 25.8. The third-order valence-corrected chi connectivity index (χ3v) is 9.58. The van der Waals surface area contributed by atoms with Crippen molar-refractivity contribution in [3.05, 3.63) is 169 Å². The Labute approximate surface area is 269 Å². The number of hydrogen-bond donors (Lipinski definition) is 0. The van der Waals surface area contributed by atoms with Gasteiger partial charge in [0.2, 0.25) is 0 Å². The lowest BCUT2D eigenvalue weighted by Gasteiger charge is -2.46. The summed E-state index contributed by atoms with van der Waals surface area (Å²) in [6.07, 6.45) is 0. The molecular formula is C43H32N2O. The molecule has 0 amide bonds. The van der Waals surface area contributed by atoms with Gasteiger partial charge in [0.05, 0.1) is 22.7 Å². The van der Waals surface area contributed by atoms with Crippen molar-refractivity contribution >= 4 is 44.9 Å². The van der Waals surface area contributed by atoms with Crippen molar-refractivity contribution in [1.82, 2.24) is 0 Å². The van der Waals surface area contributed by atoms with E-state index in [1.54, 1.807) is 0 Å². The summed E-state index contributed by atoms with van der Waals surface area (Å²) < 4.78 is 6.65. The summed E-state index contributed by atoms with van der Waals surface area (Å²) in [4.78, 5) is 4.87. The van der Waals surface area contributed by atoms with Gasteiger partial charge in [0.1, 0.15) is 0 Å². The van der Waals surface area contributed by atoms with Crippen molar-refractivity contribution in [2.75, 3.05) is 9.80 Å². The minimum atomic E-state index is -0.323. The van der Waals surface area contributed by atoms with Crippen LogP contribution >= 0.6 is 0 Å². The van der Waals surface area contributed by atoms with Crippen molar-refractivity contribution in [1.29, 1.82) is 0 Å². The summed E-state index contributed by atoms with van der Waals surface area (Å²) in [6, 6.07) is 56.4. The number of fused-ring (bicyclic) bond motifs is 6. The lowest BCUT2D eigenvalue weighted by atomic mass is 9.72. The molecule has 0 unspecified atom stereocenters. The van der Waals surface area contributed by atoms with E-state index in [9.17, 15) is 0 Å². The molecule has 0 atom stereocenters. The van der Waals surface area contributed by atoms with Gasteiger partial charge in [-0.3, -0.25) is 0 Å². The third-order valence-electron chi connectivity index (χ3n) is 9.58. The Morgan fingerprint density at radius 1 is 0.522 bits per heavy atom. The van der Waals surface area contributed by atoms with E-state index in [-0.39, 0.29) is 5.41 Å². The van der Waals surface area contributed by atoms with Crippen LogP contribution in [0.15, 0.2) is 158 Å². The minimum absolute atomic E-state index is 0.323. The maximum Gasteiger partial charge on any atom is 0.152 e. The van der Waals surface area contributed by atoms with Crippen molar-refractivity contribution in [3.63, 3.8) is 0 Å². The largest absolute Gasteiger partial charge is 0.453 e. The summed E-state index contributed by atoms with van der Waals surface area (Å²) in [5, 5.41) is 2.37. The van der Waals surface area contributed by atoms with Crippen LogP contribution in [0.5, 0.6) is 11.5 Å². The molecule has 0 fully saturated rings. The van der Waals surface area contributed by atoms with Gasteiger partial charge in [-0.05, 0) is 70.6 Å². The van der Waals surface area contributed by atoms with Crippen LogP contribution < -0.4 is 14.5 Å². The first kappa shape index (κ1) is 26.6. The van der Waals surface area contributed by atoms with E-state index >= 15 is 0 Å². The summed E-state index contributed by atoms with van der Waals surface area (Å²) in [5.41, 5.74) is 11.4. The second-order valence-corrected chi connectivity index (χ2v) is 12.6. The molecule has 46 heavy (non-hydrogen) atoms. The molecule has 0 saturated heterocycles. The molecule has 3 heteroatoms. The zero-order valence-corrected chi connectivity index (χ0v) is 25.8. The summed E-state index contributed by atoms with van der Waals surface area (Å²) in [6.45, 7) is 4.70.